The van der Waals surface area contributed by atoms with Gasteiger partial charge in [0.05, 0.1) is 19.9 Å². The zero-order chi connectivity index (χ0) is 19.4. The summed E-state index contributed by atoms with van der Waals surface area (Å²) in [5, 5.41) is 0. The maximum absolute atomic E-state index is 14.0. The standard InChI is InChI=1S/C19H29FO2.2C2H6/c1-14-15-6-8-18(13-20)7-4-3-5-16(18)17(15,2)9-10-19(14)21-11-12-22-19;2*1-2/h5,14-15H,3-4,6-13H2,1-2H3;2*1-2H3/t14?,15?,17-,18?;;/m0../s1. The fourth-order valence-corrected chi connectivity index (χ4v) is 6.26. The molecule has 0 aromatic heterocycles. The molecule has 0 aromatic carbocycles. The van der Waals surface area contributed by atoms with Crippen molar-refractivity contribution in [3.05, 3.63) is 11.6 Å². The number of rotatable bonds is 1. The van der Waals surface area contributed by atoms with Gasteiger partial charge >= 0.3 is 0 Å². The van der Waals surface area contributed by atoms with E-state index < -0.39 is 0 Å². The number of hydrogen-bond donors (Lipinski definition) is 0. The lowest BCUT2D eigenvalue weighted by atomic mass is 9.46. The first-order valence-electron chi connectivity index (χ1n) is 11.1. The summed E-state index contributed by atoms with van der Waals surface area (Å²) in [7, 11) is 0. The van der Waals surface area contributed by atoms with Gasteiger partial charge in [-0.05, 0) is 49.9 Å². The van der Waals surface area contributed by atoms with Crippen LogP contribution in [0.15, 0.2) is 11.6 Å². The molecule has 3 aliphatic carbocycles. The Morgan fingerprint density at radius 3 is 2.31 bits per heavy atom. The van der Waals surface area contributed by atoms with Gasteiger partial charge in [0.15, 0.2) is 5.79 Å². The van der Waals surface area contributed by atoms with Crippen molar-refractivity contribution in [1.82, 2.24) is 0 Å². The van der Waals surface area contributed by atoms with Gasteiger partial charge in [-0.1, -0.05) is 53.2 Å². The number of ether oxygens (including phenoxy) is 2. The average molecular weight is 369 g/mol. The lowest BCUT2D eigenvalue weighted by Gasteiger charge is -2.60. The molecule has 2 saturated carbocycles. The maximum atomic E-state index is 14.0. The van der Waals surface area contributed by atoms with Crippen LogP contribution in [0.4, 0.5) is 4.39 Å². The van der Waals surface area contributed by atoms with Crippen LogP contribution in [0.1, 0.15) is 86.5 Å². The van der Waals surface area contributed by atoms with Crippen molar-refractivity contribution in [3.8, 4) is 0 Å². The Bertz CT molecular complexity index is 483. The molecule has 1 aliphatic heterocycles. The lowest BCUT2D eigenvalue weighted by molar-refractivity contribution is -0.244. The third kappa shape index (κ3) is 3.28. The average Bonchev–Trinajstić information content (AvgIpc) is 3.19. The summed E-state index contributed by atoms with van der Waals surface area (Å²) in [6, 6.07) is 0. The van der Waals surface area contributed by atoms with E-state index in [0.29, 0.717) is 11.8 Å². The highest BCUT2D eigenvalue weighted by Crippen LogP contribution is 2.65. The monoisotopic (exact) mass is 368 g/mol. The van der Waals surface area contributed by atoms with Crippen LogP contribution in [-0.2, 0) is 9.47 Å². The maximum Gasteiger partial charge on any atom is 0.171 e. The van der Waals surface area contributed by atoms with Crippen LogP contribution in [0, 0.1) is 22.7 Å². The summed E-state index contributed by atoms with van der Waals surface area (Å²) in [5.74, 6) is 0.604. The van der Waals surface area contributed by atoms with Gasteiger partial charge in [0.25, 0.3) is 0 Å². The fraction of sp³-hybridized carbons (Fsp3) is 0.913. The second-order valence-electron chi connectivity index (χ2n) is 8.28. The van der Waals surface area contributed by atoms with E-state index in [2.05, 4.69) is 19.9 Å². The Labute approximate surface area is 160 Å². The largest absolute Gasteiger partial charge is 0.347 e. The molecule has 0 radical (unpaired) electrons. The quantitative estimate of drug-likeness (QED) is 0.480. The van der Waals surface area contributed by atoms with Gasteiger partial charge in [-0.3, -0.25) is 4.39 Å². The molecule has 1 heterocycles. The van der Waals surface area contributed by atoms with Gasteiger partial charge in [0, 0.05) is 17.8 Å². The summed E-state index contributed by atoms with van der Waals surface area (Å²) in [5.41, 5.74) is 1.44. The second kappa shape index (κ2) is 8.73. The molecule has 26 heavy (non-hydrogen) atoms. The van der Waals surface area contributed by atoms with E-state index in [4.69, 9.17) is 9.47 Å². The minimum Gasteiger partial charge on any atom is -0.347 e. The first-order chi connectivity index (χ1) is 12.6. The number of alkyl halides is 1. The molecular weight excluding hydrogens is 327 g/mol. The van der Waals surface area contributed by atoms with Gasteiger partial charge in [-0.25, -0.2) is 0 Å². The van der Waals surface area contributed by atoms with E-state index >= 15 is 0 Å². The second-order valence-corrected chi connectivity index (χ2v) is 8.28. The van der Waals surface area contributed by atoms with Crippen molar-refractivity contribution in [3.63, 3.8) is 0 Å². The SMILES string of the molecule is CC.CC.CC1C2CCC3(CF)CCCC=C3[C@@]2(C)CCC12OCCO2. The third-order valence-electron chi connectivity index (χ3n) is 7.47. The molecule has 4 aliphatic rings. The minimum absolute atomic E-state index is 0.144. The molecule has 0 bridgehead atoms. The minimum atomic E-state index is -0.352. The van der Waals surface area contributed by atoms with Gasteiger partial charge in [-0.2, -0.15) is 0 Å². The first-order valence-corrected chi connectivity index (χ1v) is 11.1. The number of hydrogen-bond acceptors (Lipinski definition) is 2. The highest BCUT2D eigenvalue weighted by atomic mass is 19.1. The third-order valence-corrected chi connectivity index (χ3v) is 7.47. The van der Waals surface area contributed by atoms with Crippen molar-refractivity contribution in [2.75, 3.05) is 19.9 Å². The van der Waals surface area contributed by atoms with Crippen LogP contribution in [0.5, 0.6) is 0 Å². The van der Waals surface area contributed by atoms with Crippen molar-refractivity contribution >= 4 is 0 Å². The molecule has 0 amide bonds. The summed E-state index contributed by atoms with van der Waals surface area (Å²) >= 11 is 0. The smallest absolute Gasteiger partial charge is 0.171 e. The number of fused-ring (bicyclic) bond motifs is 3. The molecule has 3 unspecified atom stereocenters. The molecule has 3 heteroatoms. The Hall–Kier alpha value is -0.410. The van der Waals surface area contributed by atoms with Crippen LogP contribution in [0.2, 0.25) is 0 Å². The van der Waals surface area contributed by atoms with Crippen molar-refractivity contribution in [2.45, 2.75) is 92.3 Å². The predicted octanol–water partition coefficient (Wildman–Crippen LogP) is 6.69. The van der Waals surface area contributed by atoms with Crippen LogP contribution in [-0.4, -0.2) is 25.7 Å². The summed E-state index contributed by atoms with van der Waals surface area (Å²) in [4.78, 5) is 0. The zero-order valence-electron chi connectivity index (χ0n) is 18.0. The predicted molar refractivity (Wildman–Crippen MR) is 107 cm³/mol. The van der Waals surface area contributed by atoms with Gasteiger partial charge in [0.2, 0.25) is 0 Å². The Kier molecular flexibility index (Phi) is 7.35. The van der Waals surface area contributed by atoms with Crippen LogP contribution < -0.4 is 0 Å². The molecule has 4 atom stereocenters. The van der Waals surface area contributed by atoms with Gasteiger partial charge in [0.1, 0.15) is 0 Å². The highest BCUT2D eigenvalue weighted by Gasteiger charge is 2.61. The topological polar surface area (TPSA) is 18.5 Å². The number of halogens is 1. The molecule has 3 fully saturated rings. The first kappa shape index (κ1) is 21.9. The van der Waals surface area contributed by atoms with Crippen molar-refractivity contribution in [1.29, 1.82) is 0 Å². The molecular formula is C23H41FO2. The molecule has 0 aromatic rings. The molecule has 152 valence electrons. The van der Waals surface area contributed by atoms with Crippen LogP contribution in [0.25, 0.3) is 0 Å². The summed E-state index contributed by atoms with van der Waals surface area (Å²) in [6.45, 7) is 14.0. The molecule has 1 spiro atoms. The van der Waals surface area contributed by atoms with Crippen molar-refractivity contribution < 1.29 is 13.9 Å². The molecule has 0 N–H and O–H groups in total. The van der Waals surface area contributed by atoms with E-state index in [9.17, 15) is 4.39 Å². The number of allylic oxidation sites excluding steroid dienone is 2. The van der Waals surface area contributed by atoms with Crippen molar-refractivity contribution in [2.24, 2.45) is 22.7 Å². The van der Waals surface area contributed by atoms with E-state index in [1.807, 2.05) is 27.7 Å². The Morgan fingerprint density at radius 2 is 1.69 bits per heavy atom. The Morgan fingerprint density at radius 1 is 1.04 bits per heavy atom. The Balaban J connectivity index is 0.000000570. The van der Waals surface area contributed by atoms with Crippen LogP contribution in [0.3, 0.4) is 0 Å². The van der Waals surface area contributed by atoms with Gasteiger partial charge < -0.3 is 9.47 Å². The van der Waals surface area contributed by atoms with E-state index in [-0.39, 0.29) is 23.3 Å². The highest BCUT2D eigenvalue weighted by molar-refractivity contribution is 5.30. The molecule has 1 saturated heterocycles. The van der Waals surface area contributed by atoms with E-state index in [0.717, 1.165) is 58.2 Å². The normalized spacial score (nSPS) is 40.2. The van der Waals surface area contributed by atoms with Crippen LogP contribution >= 0.6 is 0 Å². The van der Waals surface area contributed by atoms with E-state index in [1.165, 1.54) is 5.57 Å². The molecule has 2 nitrogen and oxygen atoms in total. The summed E-state index contributed by atoms with van der Waals surface area (Å²) < 4.78 is 26.2. The zero-order valence-corrected chi connectivity index (χ0v) is 18.0. The summed E-state index contributed by atoms with van der Waals surface area (Å²) in [6.07, 6.45) is 9.89. The molecule has 4 rings (SSSR count). The lowest BCUT2D eigenvalue weighted by Crippen LogP contribution is -2.57. The van der Waals surface area contributed by atoms with Gasteiger partial charge in [-0.15, -0.1) is 0 Å². The van der Waals surface area contributed by atoms with E-state index in [1.54, 1.807) is 0 Å². The fourth-order valence-electron chi connectivity index (χ4n) is 6.26.